The monoisotopic (exact) mass is 357 g/mol. The number of β-amino-alcohol motifs (C(OH)–C–C–N with tert-alkyl or cyclic N) is 1. The molecular weight excluding hydrogens is 330 g/mol. The molecule has 1 aliphatic heterocycles. The first kappa shape index (κ1) is 18.6. The van der Waals surface area contributed by atoms with Gasteiger partial charge in [-0.25, -0.2) is 0 Å². The van der Waals surface area contributed by atoms with Crippen molar-refractivity contribution in [1.82, 2.24) is 4.90 Å². The van der Waals surface area contributed by atoms with E-state index in [1.54, 1.807) is 12.1 Å². The number of carbonyl (C=O) groups excluding carboxylic acids is 2. The standard InChI is InChI=1S/C21H27NO4/c1-21(2,3)17-11-13(8-9-18(17)24)10-14(23)12-22-19(25)15-6-4-5-7-16(15)20(22)26/h4,6,8-9,11,14-16,23-24H,5,7,10,12H2,1-3H3. The van der Waals surface area contributed by atoms with Gasteiger partial charge in [-0.2, -0.15) is 0 Å². The zero-order valence-electron chi connectivity index (χ0n) is 15.6. The van der Waals surface area contributed by atoms with Gasteiger partial charge in [-0.1, -0.05) is 45.1 Å². The number of benzene rings is 1. The second-order valence-electron chi connectivity index (χ2n) is 8.38. The van der Waals surface area contributed by atoms with E-state index in [2.05, 4.69) is 0 Å². The first-order chi connectivity index (χ1) is 12.2. The summed E-state index contributed by atoms with van der Waals surface area (Å²) in [7, 11) is 0. The Labute approximate surface area is 154 Å². The highest BCUT2D eigenvalue weighted by molar-refractivity contribution is 6.06. The quantitative estimate of drug-likeness (QED) is 0.641. The molecule has 0 spiro atoms. The molecule has 2 aliphatic rings. The summed E-state index contributed by atoms with van der Waals surface area (Å²) in [6.07, 6.45) is 4.80. The number of allylic oxidation sites excluding steroid dienone is 1. The van der Waals surface area contributed by atoms with Gasteiger partial charge >= 0.3 is 0 Å². The lowest BCUT2D eigenvalue weighted by Gasteiger charge is -2.23. The van der Waals surface area contributed by atoms with Crippen molar-refractivity contribution in [2.24, 2.45) is 11.8 Å². The number of amides is 2. The van der Waals surface area contributed by atoms with E-state index in [4.69, 9.17) is 0 Å². The number of hydrogen-bond acceptors (Lipinski definition) is 4. The van der Waals surface area contributed by atoms with Crippen LogP contribution in [0.15, 0.2) is 30.4 Å². The molecule has 0 saturated carbocycles. The molecular formula is C21H27NO4. The lowest BCUT2D eigenvalue weighted by atomic mass is 9.85. The number of nitrogens with zero attached hydrogens (tertiary/aromatic N) is 1. The Kier molecular flexibility index (Phi) is 4.93. The van der Waals surface area contributed by atoms with Crippen LogP contribution < -0.4 is 0 Å². The van der Waals surface area contributed by atoms with E-state index in [1.165, 1.54) is 4.90 Å². The average Bonchev–Trinajstić information content (AvgIpc) is 2.81. The van der Waals surface area contributed by atoms with Gasteiger partial charge < -0.3 is 10.2 Å². The Bertz CT molecular complexity index is 747. The van der Waals surface area contributed by atoms with Gasteiger partial charge in [-0.15, -0.1) is 0 Å². The first-order valence-corrected chi connectivity index (χ1v) is 9.21. The van der Waals surface area contributed by atoms with Crippen molar-refractivity contribution in [3.8, 4) is 5.75 Å². The second-order valence-corrected chi connectivity index (χ2v) is 8.38. The van der Waals surface area contributed by atoms with Crippen molar-refractivity contribution in [2.75, 3.05) is 6.54 Å². The fourth-order valence-corrected chi connectivity index (χ4v) is 3.89. The number of phenolic OH excluding ortho intramolecular Hbond substituents is 1. The largest absolute Gasteiger partial charge is 0.508 e. The van der Waals surface area contributed by atoms with Crippen molar-refractivity contribution in [3.63, 3.8) is 0 Å². The highest BCUT2D eigenvalue weighted by Crippen LogP contribution is 2.35. The zero-order valence-corrected chi connectivity index (χ0v) is 15.6. The molecule has 5 nitrogen and oxygen atoms in total. The van der Waals surface area contributed by atoms with Gasteiger partial charge in [0.15, 0.2) is 0 Å². The van der Waals surface area contributed by atoms with Crippen LogP contribution in [0.3, 0.4) is 0 Å². The van der Waals surface area contributed by atoms with Crippen LogP contribution in [0.5, 0.6) is 5.75 Å². The van der Waals surface area contributed by atoms with Gasteiger partial charge in [-0.3, -0.25) is 14.5 Å². The predicted octanol–water partition coefficient (Wildman–Crippen LogP) is 2.54. The fourth-order valence-electron chi connectivity index (χ4n) is 3.89. The van der Waals surface area contributed by atoms with Gasteiger partial charge in [0.2, 0.25) is 11.8 Å². The lowest BCUT2D eigenvalue weighted by molar-refractivity contribution is -0.141. The SMILES string of the molecule is CC(C)(C)c1cc(CC(O)CN2C(=O)C3C=CCCC3C2=O)ccc1O. The number of imide groups is 1. The molecule has 1 aliphatic carbocycles. The third-order valence-electron chi connectivity index (χ3n) is 5.29. The highest BCUT2D eigenvalue weighted by Gasteiger charge is 2.46. The molecule has 0 bridgehead atoms. The maximum absolute atomic E-state index is 12.5. The highest BCUT2D eigenvalue weighted by atomic mass is 16.3. The summed E-state index contributed by atoms with van der Waals surface area (Å²) in [5.74, 6) is -0.748. The van der Waals surface area contributed by atoms with Crippen molar-refractivity contribution >= 4 is 11.8 Å². The minimum atomic E-state index is -0.829. The molecule has 140 valence electrons. The van der Waals surface area contributed by atoms with Crippen molar-refractivity contribution in [2.45, 2.75) is 51.6 Å². The van der Waals surface area contributed by atoms with Gasteiger partial charge in [0.05, 0.1) is 24.5 Å². The molecule has 2 N–H and O–H groups in total. The number of hydrogen-bond donors (Lipinski definition) is 2. The van der Waals surface area contributed by atoms with Gasteiger partial charge in [0.1, 0.15) is 5.75 Å². The van der Waals surface area contributed by atoms with Gasteiger partial charge in [0.25, 0.3) is 0 Å². The average molecular weight is 357 g/mol. The van der Waals surface area contributed by atoms with Crippen LogP contribution in [0.25, 0.3) is 0 Å². The van der Waals surface area contributed by atoms with Crippen LogP contribution in [0.1, 0.15) is 44.7 Å². The summed E-state index contributed by atoms with van der Waals surface area (Å²) in [5.41, 5.74) is 1.47. The predicted molar refractivity (Wildman–Crippen MR) is 98.6 cm³/mol. The molecule has 1 heterocycles. The third kappa shape index (κ3) is 3.54. The summed E-state index contributed by atoms with van der Waals surface area (Å²) in [4.78, 5) is 26.2. The second kappa shape index (κ2) is 6.88. The van der Waals surface area contributed by atoms with E-state index in [0.717, 1.165) is 17.5 Å². The molecule has 26 heavy (non-hydrogen) atoms. The van der Waals surface area contributed by atoms with Gasteiger partial charge in [-0.05, 0) is 35.4 Å². The summed E-state index contributed by atoms with van der Waals surface area (Å²) >= 11 is 0. The molecule has 2 amide bonds. The van der Waals surface area contributed by atoms with Gasteiger partial charge in [0, 0.05) is 6.42 Å². The Morgan fingerprint density at radius 1 is 1.23 bits per heavy atom. The van der Waals surface area contributed by atoms with Crippen LogP contribution in [-0.4, -0.2) is 39.6 Å². The van der Waals surface area contributed by atoms with Crippen molar-refractivity contribution in [1.29, 1.82) is 0 Å². The number of phenols is 1. The van der Waals surface area contributed by atoms with Crippen molar-refractivity contribution in [3.05, 3.63) is 41.5 Å². The molecule has 0 aromatic heterocycles. The maximum atomic E-state index is 12.5. The van der Waals surface area contributed by atoms with Crippen LogP contribution in [0.2, 0.25) is 0 Å². The molecule has 3 unspecified atom stereocenters. The van der Waals surface area contributed by atoms with E-state index in [9.17, 15) is 19.8 Å². The number of likely N-dealkylation sites (tertiary alicyclic amines) is 1. The molecule has 0 radical (unpaired) electrons. The van der Waals surface area contributed by atoms with E-state index < -0.39 is 6.10 Å². The third-order valence-corrected chi connectivity index (χ3v) is 5.29. The van der Waals surface area contributed by atoms with E-state index in [-0.39, 0.29) is 41.4 Å². The summed E-state index contributed by atoms with van der Waals surface area (Å²) < 4.78 is 0. The molecule has 1 fully saturated rings. The molecule has 1 aromatic rings. The van der Waals surface area contributed by atoms with Crippen LogP contribution in [0, 0.1) is 11.8 Å². The molecule has 3 atom stereocenters. The Morgan fingerprint density at radius 2 is 1.96 bits per heavy atom. The molecule has 1 aromatic carbocycles. The Balaban J connectivity index is 1.70. The normalized spacial score (nSPS) is 24.1. The number of aromatic hydroxyl groups is 1. The van der Waals surface area contributed by atoms with E-state index in [0.29, 0.717) is 12.8 Å². The zero-order chi connectivity index (χ0) is 19.1. The van der Waals surface area contributed by atoms with E-state index >= 15 is 0 Å². The van der Waals surface area contributed by atoms with Crippen LogP contribution in [0.4, 0.5) is 0 Å². The molecule has 3 rings (SSSR count). The smallest absolute Gasteiger partial charge is 0.236 e. The Hall–Kier alpha value is -2.14. The summed E-state index contributed by atoms with van der Waals surface area (Å²) in [6, 6.07) is 5.28. The van der Waals surface area contributed by atoms with Crippen LogP contribution >= 0.6 is 0 Å². The first-order valence-electron chi connectivity index (χ1n) is 9.21. The van der Waals surface area contributed by atoms with E-state index in [1.807, 2.05) is 39.0 Å². The minimum absolute atomic E-state index is 0.0181. The lowest BCUT2D eigenvalue weighted by Crippen LogP contribution is -2.38. The Morgan fingerprint density at radius 3 is 2.62 bits per heavy atom. The topological polar surface area (TPSA) is 77.8 Å². The number of rotatable bonds is 4. The maximum Gasteiger partial charge on any atom is 0.236 e. The molecule has 5 heteroatoms. The van der Waals surface area contributed by atoms with Crippen LogP contribution in [-0.2, 0) is 21.4 Å². The van der Waals surface area contributed by atoms with Crippen molar-refractivity contribution < 1.29 is 19.8 Å². The number of aliphatic hydroxyl groups excluding tert-OH is 1. The molecule has 1 saturated heterocycles. The summed E-state index contributed by atoms with van der Waals surface area (Å²) in [5, 5.41) is 20.5. The number of aliphatic hydroxyl groups is 1. The fraction of sp³-hybridized carbons (Fsp3) is 0.524. The number of fused-ring (bicyclic) bond motifs is 1. The summed E-state index contributed by atoms with van der Waals surface area (Å²) in [6.45, 7) is 6.06. The number of carbonyl (C=O) groups is 2. The minimum Gasteiger partial charge on any atom is -0.508 e.